The molecule has 1 N–H and O–H groups in total. The Balaban J connectivity index is 2.15. The fourth-order valence-electron chi connectivity index (χ4n) is 2.76. The van der Waals surface area contributed by atoms with E-state index in [9.17, 15) is 35.5 Å². The summed E-state index contributed by atoms with van der Waals surface area (Å²) in [6.45, 7) is 0. The average Bonchev–Trinajstić information content (AvgIpc) is 2.82. The first kappa shape index (κ1) is 20.0. The lowest BCUT2D eigenvalue weighted by molar-refractivity contribution is -0.0976. The summed E-state index contributed by atoms with van der Waals surface area (Å²) >= 11 is 2.93. The van der Waals surface area contributed by atoms with E-state index in [2.05, 4.69) is 15.9 Å². The molecule has 3 rings (SSSR count). The summed E-state index contributed by atoms with van der Waals surface area (Å²) in [6, 6.07) is 5.06. The summed E-state index contributed by atoms with van der Waals surface area (Å²) < 4.78 is 96.1. The number of benzene rings is 2. The van der Waals surface area contributed by atoms with Gasteiger partial charge in [-0.2, -0.15) is 8.78 Å². The summed E-state index contributed by atoms with van der Waals surface area (Å²) in [5, 5.41) is 9.83. The van der Waals surface area contributed by atoms with Crippen molar-refractivity contribution in [2.45, 2.75) is 29.1 Å². The highest BCUT2D eigenvalue weighted by molar-refractivity contribution is 9.10. The normalized spacial score (nSPS) is 18.6. The van der Waals surface area contributed by atoms with E-state index >= 15 is 0 Å². The Hall–Kier alpha value is -1.72. The second-order valence-corrected chi connectivity index (χ2v) is 8.52. The fraction of sp³-hybridized carbons (Fsp3) is 0.250. The topological polar surface area (TPSA) is 63.6 Å². The van der Waals surface area contributed by atoms with Crippen LogP contribution in [0.4, 0.5) is 22.0 Å². The minimum atomic E-state index is -5.23. The minimum Gasteiger partial charge on any atom is -0.457 e. The van der Waals surface area contributed by atoms with E-state index in [1.165, 1.54) is 12.1 Å². The Morgan fingerprint density at radius 3 is 2.48 bits per heavy atom. The molecule has 146 valence electrons. The van der Waals surface area contributed by atoms with Gasteiger partial charge in [0.05, 0.1) is 9.37 Å². The maximum atomic E-state index is 14.0. The zero-order chi connectivity index (χ0) is 20.1. The molecule has 0 radical (unpaired) electrons. The average molecular weight is 473 g/mol. The quantitative estimate of drug-likeness (QED) is 0.660. The highest BCUT2D eigenvalue weighted by Gasteiger charge is 2.51. The number of sulfone groups is 1. The van der Waals surface area contributed by atoms with Gasteiger partial charge < -0.3 is 9.84 Å². The van der Waals surface area contributed by atoms with Crippen LogP contribution in [0.25, 0.3) is 0 Å². The van der Waals surface area contributed by atoms with Crippen molar-refractivity contribution in [3.63, 3.8) is 0 Å². The zero-order valence-corrected chi connectivity index (χ0v) is 15.5. The molecule has 0 saturated carbocycles. The van der Waals surface area contributed by atoms with Crippen LogP contribution in [0, 0.1) is 5.82 Å². The van der Waals surface area contributed by atoms with Crippen LogP contribution in [0.3, 0.4) is 0 Å². The van der Waals surface area contributed by atoms with E-state index < -0.39 is 55.9 Å². The van der Waals surface area contributed by atoms with Crippen LogP contribution < -0.4 is 4.74 Å². The molecule has 11 heteroatoms. The number of hydrogen-bond acceptors (Lipinski definition) is 4. The molecule has 0 saturated heterocycles. The largest absolute Gasteiger partial charge is 0.457 e. The van der Waals surface area contributed by atoms with Crippen LogP contribution in [-0.4, -0.2) is 25.2 Å². The molecule has 1 aliphatic rings. The molecule has 0 aliphatic heterocycles. The lowest BCUT2D eigenvalue weighted by Crippen LogP contribution is -2.23. The summed E-state index contributed by atoms with van der Waals surface area (Å²) in [4.78, 5) is -1.08. The van der Waals surface area contributed by atoms with Gasteiger partial charge in [0.25, 0.3) is 5.92 Å². The second-order valence-electron chi connectivity index (χ2n) is 5.78. The molecule has 1 atom stereocenters. The molecule has 0 heterocycles. The third-order valence-electron chi connectivity index (χ3n) is 4.02. The van der Waals surface area contributed by atoms with Gasteiger partial charge >= 0.3 is 5.76 Å². The first-order chi connectivity index (χ1) is 12.4. The molecule has 2 aromatic rings. The maximum Gasteiger partial charge on any atom is 0.341 e. The lowest BCUT2D eigenvalue weighted by Gasteiger charge is -2.16. The van der Waals surface area contributed by atoms with Crippen LogP contribution in [0.1, 0.15) is 17.2 Å². The van der Waals surface area contributed by atoms with Crippen LogP contribution in [0.15, 0.2) is 39.7 Å². The van der Waals surface area contributed by atoms with Crippen LogP contribution in [0.2, 0.25) is 0 Å². The van der Waals surface area contributed by atoms with Gasteiger partial charge in [0.15, 0.2) is 0 Å². The molecule has 0 aromatic heterocycles. The van der Waals surface area contributed by atoms with Crippen LogP contribution in [-0.2, 0) is 16.3 Å². The first-order valence-electron chi connectivity index (χ1n) is 7.32. The standard InChI is InChI=1S/C16H10BrF5O4S/c17-9-5-7(1-2-10(9)18)26-11-3-4-12(27(24,25)15(19)20)13-8(11)6-16(21,22)14(13)23/h1-5,14-15,23H,6H2. The van der Waals surface area contributed by atoms with Crippen molar-refractivity contribution in [3.8, 4) is 11.5 Å². The third kappa shape index (κ3) is 3.43. The Morgan fingerprint density at radius 2 is 1.89 bits per heavy atom. The highest BCUT2D eigenvalue weighted by atomic mass is 79.9. The van der Waals surface area contributed by atoms with Crippen molar-refractivity contribution in [1.82, 2.24) is 0 Å². The van der Waals surface area contributed by atoms with Crippen molar-refractivity contribution >= 4 is 25.8 Å². The Bertz CT molecular complexity index is 1010. The SMILES string of the molecule is O=S(=O)(c1ccc(Oc2ccc(F)c(Br)c2)c2c1C(O)C(F)(F)C2)C(F)F. The number of fused-ring (bicyclic) bond motifs is 1. The third-order valence-corrected chi connectivity index (χ3v) is 6.07. The smallest absolute Gasteiger partial charge is 0.341 e. The number of rotatable bonds is 4. The van der Waals surface area contributed by atoms with Crippen molar-refractivity contribution in [1.29, 1.82) is 0 Å². The molecule has 2 aromatic carbocycles. The van der Waals surface area contributed by atoms with Gasteiger partial charge in [-0.25, -0.2) is 21.6 Å². The Labute approximate surface area is 158 Å². The highest BCUT2D eigenvalue weighted by Crippen LogP contribution is 2.50. The molecule has 0 bridgehead atoms. The monoisotopic (exact) mass is 472 g/mol. The molecule has 4 nitrogen and oxygen atoms in total. The number of aliphatic hydroxyl groups excluding tert-OH is 1. The van der Waals surface area contributed by atoms with Crippen molar-refractivity contribution in [3.05, 3.63) is 51.7 Å². The summed E-state index contributed by atoms with van der Waals surface area (Å²) in [7, 11) is -5.23. The molecule has 0 amide bonds. The summed E-state index contributed by atoms with van der Waals surface area (Å²) in [5.41, 5.74) is -1.23. The molecular formula is C16H10BrF5O4S. The Kier molecular flexibility index (Phi) is 4.98. The molecular weight excluding hydrogens is 463 g/mol. The van der Waals surface area contributed by atoms with Crippen molar-refractivity contribution in [2.75, 3.05) is 0 Å². The molecule has 0 spiro atoms. The summed E-state index contributed by atoms with van der Waals surface area (Å²) in [6.07, 6.45) is -3.69. The fourth-order valence-corrected chi connectivity index (χ4v) is 4.10. The predicted octanol–water partition coefficient (Wildman–Crippen LogP) is 4.60. The first-order valence-corrected chi connectivity index (χ1v) is 9.65. The maximum absolute atomic E-state index is 14.0. The number of aliphatic hydroxyl groups is 1. The van der Waals surface area contributed by atoms with Gasteiger partial charge in [-0.05, 0) is 46.3 Å². The van der Waals surface area contributed by atoms with Gasteiger partial charge in [-0.15, -0.1) is 0 Å². The van der Waals surface area contributed by atoms with E-state index in [0.29, 0.717) is 6.07 Å². The summed E-state index contributed by atoms with van der Waals surface area (Å²) in [5.74, 6) is -8.44. The Morgan fingerprint density at radius 1 is 1.22 bits per heavy atom. The second kappa shape index (κ2) is 6.71. The van der Waals surface area contributed by atoms with E-state index in [1.54, 1.807) is 0 Å². The molecule has 1 aliphatic carbocycles. The van der Waals surface area contributed by atoms with Gasteiger partial charge in [-0.1, -0.05) is 0 Å². The van der Waals surface area contributed by atoms with E-state index in [4.69, 9.17) is 4.74 Å². The van der Waals surface area contributed by atoms with Gasteiger partial charge in [-0.3, -0.25) is 0 Å². The van der Waals surface area contributed by atoms with E-state index in [0.717, 1.165) is 12.1 Å². The number of alkyl halides is 4. The number of ether oxygens (including phenoxy) is 1. The predicted molar refractivity (Wildman–Crippen MR) is 87.4 cm³/mol. The molecule has 0 fully saturated rings. The minimum absolute atomic E-state index is 0.0268. The van der Waals surface area contributed by atoms with Crippen LogP contribution in [0.5, 0.6) is 11.5 Å². The van der Waals surface area contributed by atoms with E-state index in [-0.39, 0.29) is 16.0 Å². The van der Waals surface area contributed by atoms with Gasteiger partial charge in [0.1, 0.15) is 23.4 Å². The number of halogens is 6. The van der Waals surface area contributed by atoms with Crippen LogP contribution >= 0.6 is 15.9 Å². The van der Waals surface area contributed by atoms with Gasteiger partial charge in [0.2, 0.25) is 9.84 Å². The lowest BCUT2D eigenvalue weighted by atomic mass is 10.1. The zero-order valence-electron chi connectivity index (χ0n) is 13.1. The molecule has 27 heavy (non-hydrogen) atoms. The van der Waals surface area contributed by atoms with Gasteiger partial charge in [0, 0.05) is 17.5 Å². The number of hydrogen-bond donors (Lipinski definition) is 1. The van der Waals surface area contributed by atoms with Crippen molar-refractivity contribution < 1.29 is 40.2 Å². The van der Waals surface area contributed by atoms with Crippen molar-refractivity contribution in [2.24, 2.45) is 0 Å². The molecule has 1 unspecified atom stereocenters. The van der Waals surface area contributed by atoms with E-state index in [1.807, 2.05) is 0 Å².